The summed E-state index contributed by atoms with van der Waals surface area (Å²) in [5.74, 6) is 0.445. The monoisotopic (exact) mass is 521 g/mol. The van der Waals surface area contributed by atoms with Gasteiger partial charge in [0.25, 0.3) is 0 Å². The van der Waals surface area contributed by atoms with Gasteiger partial charge < -0.3 is 16.2 Å². The molecule has 3 atom stereocenters. The Bertz CT molecular complexity index is 741. The maximum atomic E-state index is 9.78. The van der Waals surface area contributed by atoms with Gasteiger partial charge in [0, 0.05) is 22.5 Å². The molecule has 0 aliphatic carbocycles. The van der Waals surface area contributed by atoms with Gasteiger partial charge in [-0.2, -0.15) is 0 Å². The number of rotatable bonds is 7. The third-order valence-corrected chi connectivity index (χ3v) is 4.73. The van der Waals surface area contributed by atoms with E-state index in [0.29, 0.717) is 29.0 Å². The van der Waals surface area contributed by atoms with Gasteiger partial charge in [-0.25, -0.2) is 0 Å². The highest BCUT2D eigenvalue weighted by Gasteiger charge is 2.15. The number of aliphatic hydroxyl groups is 1. The molecule has 4 N–H and O–H groups in total. The minimum atomic E-state index is -0.406. The molecular weight excluding hydrogens is 496 g/mol. The van der Waals surface area contributed by atoms with Gasteiger partial charge in [0.05, 0.1) is 12.1 Å². The number of halogens is 3. The van der Waals surface area contributed by atoms with E-state index in [1.807, 2.05) is 43.3 Å². The largest absolute Gasteiger partial charge is 0.393 e. The van der Waals surface area contributed by atoms with Crippen LogP contribution in [0, 0.1) is 0 Å². The standard InChI is InChI=1S/C20H25Cl2N3O.HI/c1-13(26)10-16(15-6-4-3-5-7-15)12-24-20(23)25-14(2)18-9-8-17(21)11-19(18)22;/h3-9,11,13-14,16,26H,10,12H2,1-2H3,(H3,23,24,25);1H. The van der Waals surface area contributed by atoms with E-state index in [9.17, 15) is 5.11 Å². The van der Waals surface area contributed by atoms with E-state index in [1.54, 1.807) is 19.1 Å². The van der Waals surface area contributed by atoms with Gasteiger partial charge in [-0.05, 0) is 43.5 Å². The average Bonchev–Trinajstić information content (AvgIpc) is 2.58. The number of nitrogens with one attached hydrogen (secondary N) is 1. The van der Waals surface area contributed by atoms with Gasteiger partial charge in [0.2, 0.25) is 0 Å². The molecular formula is C20H26Cl2IN3O. The zero-order chi connectivity index (χ0) is 19.1. The summed E-state index contributed by atoms with van der Waals surface area (Å²) in [7, 11) is 0. The fraction of sp³-hybridized carbons (Fsp3) is 0.350. The molecule has 27 heavy (non-hydrogen) atoms. The molecule has 7 heteroatoms. The van der Waals surface area contributed by atoms with Crippen LogP contribution in [-0.2, 0) is 0 Å². The molecule has 0 amide bonds. The number of aliphatic imine (C=N–C) groups is 1. The Balaban J connectivity index is 0.00000364. The molecule has 4 nitrogen and oxygen atoms in total. The van der Waals surface area contributed by atoms with Crippen molar-refractivity contribution in [3.8, 4) is 0 Å². The highest BCUT2D eigenvalue weighted by molar-refractivity contribution is 14.0. The van der Waals surface area contributed by atoms with Gasteiger partial charge in [-0.3, -0.25) is 4.99 Å². The van der Waals surface area contributed by atoms with Crippen molar-refractivity contribution in [3.05, 3.63) is 69.7 Å². The lowest BCUT2D eigenvalue weighted by Crippen LogP contribution is -2.34. The Labute approximate surface area is 188 Å². The van der Waals surface area contributed by atoms with Crippen LogP contribution in [0.4, 0.5) is 0 Å². The summed E-state index contributed by atoms with van der Waals surface area (Å²) in [5, 5.41) is 14.1. The molecule has 0 heterocycles. The molecule has 0 spiro atoms. The predicted molar refractivity (Wildman–Crippen MR) is 125 cm³/mol. The highest BCUT2D eigenvalue weighted by atomic mass is 127. The molecule has 2 rings (SSSR count). The van der Waals surface area contributed by atoms with Crippen molar-refractivity contribution in [2.24, 2.45) is 10.7 Å². The molecule has 0 aromatic heterocycles. The third kappa shape index (κ3) is 7.86. The summed E-state index contributed by atoms with van der Waals surface area (Å²) in [6, 6.07) is 15.3. The number of nitrogens with two attached hydrogens (primary N) is 1. The zero-order valence-electron chi connectivity index (χ0n) is 15.4. The number of aliphatic hydroxyl groups excluding tert-OH is 1. The first-order valence-electron chi connectivity index (χ1n) is 8.61. The summed E-state index contributed by atoms with van der Waals surface area (Å²) >= 11 is 12.2. The summed E-state index contributed by atoms with van der Waals surface area (Å²) in [6.07, 6.45) is 0.218. The van der Waals surface area contributed by atoms with Crippen LogP contribution >= 0.6 is 47.2 Å². The van der Waals surface area contributed by atoms with E-state index in [0.717, 1.165) is 11.1 Å². The summed E-state index contributed by atoms with van der Waals surface area (Å²) in [6.45, 7) is 4.24. The van der Waals surface area contributed by atoms with Gasteiger partial charge in [0.15, 0.2) is 5.96 Å². The molecule has 0 aliphatic rings. The van der Waals surface area contributed by atoms with Crippen molar-refractivity contribution >= 4 is 53.1 Å². The van der Waals surface area contributed by atoms with Crippen LogP contribution in [0.5, 0.6) is 0 Å². The van der Waals surface area contributed by atoms with Crippen molar-refractivity contribution in [1.82, 2.24) is 5.32 Å². The lowest BCUT2D eigenvalue weighted by molar-refractivity contribution is 0.175. The first-order valence-corrected chi connectivity index (χ1v) is 9.36. The van der Waals surface area contributed by atoms with Gasteiger partial charge in [-0.15, -0.1) is 24.0 Å². The smallest absolute Gasteiger partial charge is 0.189 e. The summed E-state index contributed by atoms with van der Waals surface area (Å²) < 4.78 is 0. The van der Waals surface area contributed by atoms with Crippen molar-refractivity contribution in [3.63, 3.8) is 0 Å². The average molecular weight is 522 g/mol. The zero-order valence-corrected chi connectivity index (χ0v) is 19.2. The topological polar surface area (TPSA) is 70.6 Å². The van der Waals surface area contributed by atoms with Crippen LogP contribution in [0.25, 0.3) is 0 Å². The molecule has 148 valence electrons. The lowest BCUT2D eigenvalue weighted by Gasteiger charge is -2.19. The first-order chi connectivity index (χ1) is 12.4. The van der Waals surface area contributed by atoms with E-state index >= 15 is 0 Å². The molecule has 0 aliphatic heterocycles. The Hall–Kier alpha value is -1.02. The second-order valence-electron chi connectivity index (χ2n) is 6.45. The molecule has 0 bridgehead atoms. The number of benzene rings is 2. The van der Waals surface area contributed by atoms with Crippen molar-refractivity contribution in [1.29, 1.82) is 0 Å². The van der Waals surface area contributed by atoms with Gasteiger partial charge in [-0.1, -0.05) is 59.6 Å². The van der Waals surface area contributed by atoms with Crippen LogP contribution in [0.3, 0.4) is 0 Å². The molecule has 0 fully saturated rings. The second kappa shape index (κ2) is 11.7. The van der Waals surface area contributed by atoms with E-state index in [1.165, 1.54) is 0 Å². The molecule has 0 saturated heterocycles. The van der Waals surface area contributed by atoms with Crippen molar-refractivity contribution in [2.75, 3.05) is 6.54 Å². The number of nitrogens with zero attached hydrogens (tertiary/aromatic N) is 1. The second-order valence-corrected chi connectivity index (χ2v) is 7.29. The van der Waals surface area contributed by atoms with E-state index in [4.69, 9.17) is 28.9 Å². The molecule has 2 aromatic rings. The molecule has 0 radical (unpaired) electrons. The molecule has 2 aromatic carbocycles. The fourth-order valence-corrected chi connectivity index (χ4v) is 3.43. The van der Waals surface area contributed by atoms with Crippen LogP contribution in [0.1, 0.15) is 43.4 Å². The SMILES string of the molecule is CC(O)CC(CN=C(N)NC(C)c1ccc(Cl)cc1Cl)c1ccccc1.I. The van der Waals surface area contributed by atoms with Gasteiger partial charge in [0.1, 0.15) is 0 Å². The van der Waals surface area contributed by atoms with Gasteiger partial charge >= 0.3 is 0 Å². The number of hydrogen-bond donors (Lipinski definition) is 3. The van der Waals surface area contributed by atoms with E-state index < -0.39 is 6.10 Å². The Kier molecular flexibility index (Phi) is 10.4. The van der Waals surface area contributed by atoms with E-state index in [-0.39, 0.29) is 35.9 Å². The number of guanidine groups is 1. The quantitative estimate of drug-likeness (QED) is 0.268. The molecule has 0 saturated carbocycles. The minimum absolute atomic E-state index is 0. The van der Waals surface area contributed by atoms with Crippen LogP contribution in [0.2, 0.25) is 10.0 Å². The predicted octanol–water partition coefficient (Wildman–Crippen LogP) is 5.13. The normalized spacial score (nSPS) is 14.8. The minimum Gasteiger partial charge on any atom is -0.393 e. The van der Waals surface area contributed by atoms with Crippen LogP contribution in [-0.4, -0.2) is 23.7 Å². The van der Waals surface area contributed by atoms with Crippen molar-refractivity contribution < 1.29 is 5.11 Å². The Morgan fingerprint density at radius 2 is 1.81 bits per heavy atom. The third-order valence-electron chi connectivity index (χ3n) is 4.17. The number of hydrogen-bond acceptors (Lipinski definition) is 2. The maximum Gasteiger partial charge on any atom is 0.189 e. The first kappa shape index (κ1) is 24.0. The van der Waals surface area contributed by atoms with Crippen LogP contribution in [0.15, 0.2) is 53.5 Å². The fourth-order valence-electron chi connectivity index (χ4n) is 2.86. The van der Waals surface area contributed by atoms with E-state index in [2.05, 4.69) is 10.3 Å². The van der Waals surface area contributed by atoms with Crippen molar-refractivity contribution in [2.45, 2.75) is 38.3 Å². The maximum absolute atomic E-state index is 9.78. The molecule has 3 unspecified atom stereocenters. The Morgan fingerprint density at radius 3 is 2.41 bits per heavy atom. The highest BCUT2D eigenvalue weighted by Crippen LogP contribution is 2.26. The summed E-state index contributed by atoms with van der Waals surface area (Å²) in [5.41, 5.74) is 8.09. The Morgan fingerprint density at radius 1 is 1.15 bits per heavy atom. The lowest BCUT2D eigenvalue weighted by atomic mass is 9.93. The summed E-state index contributed by atoms with van der Waals surface area (Å²) in [4.78, 5) is 4.47. The van der Waals surface area contributed by atoms with Crippen LogP contribution < -0.4 is 11.1 Å².